The van der Waals surface area contributed by atoms with Gasteiger partial charge in [-0.2, -0.15) is 5.26 Å². The molecule has 3 rings (SSSR count). The minimum Gasteiger partial charge on any atom is -0.298 e. The first-order chi connectivity index (χ1) is 9.77. The summed E-state index contributed by atoms with van der Waals surface area (Å²) in [6, 6.07) is 13.4. The highest BCUT2D eigenvalue weighted by molar-refractivity contribution is 5.32. The van der Waals surface area contributed by atoms with Crippen LogP contribution in [0.3, 0.4) is 0 Å². The molecule has 1 aromatic carbocycles. The lowest BCUT2D eigenvalue weighted by Gasteiger charge is -2.33. The molecular formula is C17H23N3. The van der Waals surface area contributed by atoms with Gasteiger partial charge in [0.05, 0.1) is 6.07 Å². The smallest absolute Gasteiger partial charge is 0.144 e. The van der Waals surface area contributed by atoms with Crippen LogP contribution in [-0.2, 0) is 5.54 Å². The molecule has 2 saturated carbocycles. The van der Waals surface area contributed by atoms with Crippen LogP contribution in [0.1, 0.15) is 31.2 Å². The summed E-state index contributed by atoms with van der Waals surface area (Å²) in [4.78, 5) is 2.55. The van der Waals surface area contributed by atoms with Crippen molar-refractivity contribution in [2.45, 2.75) is 37.3 Å². The van der Waals surface area contributed by atoms with Gasteiger partial charge in [-0.1, -0.05) is 30.3 Å². The standard InChI is InChI=1S/C17H23N3/c1-19-17(12-18,15-5-3-2-4-6-15)13-20(16-9-10-16)11-14-7-8-14/h2-6,14,16,19H,7-11,13H2,1H3. The predicted molar refractivity (Wildman–Crippen MR) is 80.1 cm³/mol. The quantitative estimate of drug-likeness (QED) is 0.826. The molecule has 0 aromatic heterocycles. The molecule has 1 N–H and O–H groups in total. The highest BCUT2D eigenvalue weighted by Gasteiger charge is 2.40. The Morgan fingerprint density at radius 3 is 2.45 bits per heavy atom. The van der Waals surface area contributed by atoms with Crippen LogP contribution in [-0.4, -0.2) is 31.1 Å². The lowest BCUT2D eigenvalue weighted by atomic mass is 9.90. The van der Waals surface area contributed by atoms with Crippen molar-refractivity contribution in [1.82, 2.24) is 10.2 Å². The molecule has 1 unspecified atom stereocenters. The Kier molecular flexibility index (Phi) is 3.78. The van der Waals surface area contributed by atoms with E-state index in [2.05, 4.69) is 28.4 Å². The number of hydrogen-bond donors (Lipinski definition) is 1. The second kappa shape index (κ2) is 5.55. The van der Waals surface area contributed by atoms with E-state index in [1.54, 1.807) is 0 Å². The summed E-state index contributed by atoms with van der Waals surface area (Å²) in [5, 5.41) is 13.1. The average molecular weight is 269 g/mol. The van der Waals surface area contributed by atoms with Gasteiger partial charge in [-0.25, -0.2) is 0 Å². The van der Waals surface area contributed by atoms with Crippen molar-refractivity contribution in [3.63, 3.8) is 0 Å². The monoisotopic (exact) mass is 269 g/mol. The molecule has 0 bridgehead atoms. The van der Waals surface area contributed by atoms with Gasteiger partial charge in [0.25, 0.3) is 0 Å². The summed E-state index contributed by atoms with van der Waals surface area (Å²) in [6.45, 7) is 1.97. The number of likely N-dealkylation sites (N-methyl/N-ethyl adjacent to an activating group) is 1. The van der Waals surface area contributed by atoms with E-state index in [1.165, 1.54) is 32.2 Å². The Morgan fingerprint density at radius 2 is 1.95 bits per heavy atom. The number of nitrogens with zero attached hydrogens (tertiary/aromatic N) is 2. The van der Waals surface area contributed by atoms with Crippen LogP contribution in [0.4, 0.5) is 0 Å². The van der Waals surface area contributed by atoms with E-state index >= 15 is 0 Å². The van der Waals surface area contributed by atoms with Crippen molar-refractivity contribution in [2.75, 3.05) is 20.1 Å². The van der Waals surface area contributed by atoms with Crippen LogP contribution in [0.2, 0.25) is 0 Å². The zero-order chi connectivity index (χ0) is 14.0. The number of benzene rings is 1. The third kappa shape index (κ3) is 2.87. The Hall–Kier alpha value is -1.37. The molecule has 20 heavy (non-hydrogen) atoms. The van der Waals surface area contributed by atoms with E-state index < -0.39 is 5.54 Å². The maximum atomic E-state index is 9.79. The number of nitrogens with one attached hydrogen (secondary N) is 1. The van der Waals surface area contributed by atoms with Gasteiger partial charge in [0.15, 0.2) is 0 Å². The van der Waals surface area contributed by atoms with Crippen molar-refractivity contribution in [2.24, 2.45) is 5.92 Å². The van der Waals surface area contributed by atoms with Crippen LogP contribution in [0.5, 0.6) is 0 Å². The topological polar surface area (TPSA) is 39.1 Å². The molecule has 1 atom stereocenters. The van der Waals surface area contributed by atoms with Crippen molar-refractivity contribution >= 4 is 0 Å². The molecule has 0 aliphatic heterocycles. The van der Waals surface area contributed by atoms with E-state index in [0.717, 1.165) is 18.0 Å². The van der Waals surface area contributed by atoms with Gasteiger partial charge < -0.3 is 0 Å². The molecule has 2 aliphatic carbocycles. The Labute approximate surface area is 121 Å². The Bertz CT molecular complexity index is 485. The highest BCUT2D eigenvalue weighted by atomic mass is 15.2. The van der Waals surface area contributed by atoms with E-state index in [-0.39, 0.29) is 0 Å². The maximum absolute atomic E-state index is 9.79. The fourth-order valence-corrected chi connectivity index (χ4v) is 2.91. The Balaban J connectivity index is 1.80. The van der Waals surface area contributed by atoms with E-state index in [0.29, 0.717) is 6.04 Å². The first-order valence-corrected chi connectivity index (χ1v) is 7.67. The van der Waals surface area contributed by atoms with Crippen molar-refractivity contribution in [1.29, 1.82) is 5.26 Å². The molecule has 0 radical (unpaired) electrons. The molecule has 1 aromatic rings. The first-order valence-electron chi connectivity index (χ1n) is 7.67. The van der Waals surface area contributed by atoms with Crippen LogP contribution >= 0.6 is 0 Å². The van der Waals surface area contributed by atoms with Gasteiger partial charge in [-0.3, -0.25) is 10.2 Å². The summed E-state index contributed by atoms with van der Waals surface area (Å²) < 4.78 is 0. The third-order valence-corrected chi connectivity index (χ3v) is 4.58. The van der Waals surface area contributed by atoms with Crippen molar-refractivity contribution in [3.05, 3.63) is 35.9 Å². The second-order valence-electron chi connectivity index (χ2n) is 6.24. The molecule has 2 fully saturated rings. The maximum Gasteiger partial charge on any atom is 0.144 e. The zero-order valence-corrected chi connectivity index (χ0v) is 12.2. The fraction of sp³-hybridized carbons (Fsp3) is 0.588. The van der Waals surface area contributed by atoms with E-state index in [4.69, 9.17) is 0 Å². The second-order valence-corrected chi connectivity index (χ2v) is 6.24. The third-order valence-electron chi connectivity index (χ3n) is 4.58. The lowest BCUT2D eigenvalue weighted by Crippen LogP contribution is -2.49. The molecule has 2 aliphatic rings. The van der Waals surface area contributed by atoms with Crippen molar-refractivity contribution in [3.8, 4) is 6.07 Å². The van der Waals surface area contributed by atoms with Crippen LogP contribution in [0.25, 0.3) is 0 Å². The first kappa shape index (κ1) is 13.6. The van der Waals surface area contributed by atoms with Crippen molar-refractivity contribution < 1.29 is 0 Å². The predicted octanol–water partition coefficient (Wildman–Crippen LogP) is 2.50. The summed E-state index contributed by atoms with van der Waals surface area (Å²) in [6.07, 6.45) is 5.33. The minimum atomic E-state index is -0.585. The molecular weight excluding hydrogens is 246 g/mol. The van der Waals surface area contributed by atoms with Crippen LogP contribution in [0.15, 0.2) is 30.3 Å². The largest absolute Gasteiger partial charge is 0.298 e. The highest BCUT2D eigenvalue weighted by Crippen LogP contribution is 2.36. The van der Waals surface area contributed by atoms with Gasteiger partial charge in [0.1, 0.15) is 5.54 Å². The van der Waals surface area contributed by atoms with Gasteiger partial charge in [-0.15, -0.1) is 0 Å². The van der Waals surface area contributed by atoms with Gasteiger partial charge in [0.2, 0.25) is 0 Å². The summed E-state index contributed by atoms with van der Waals surface area (Å²) in [5.74, 6) is 0.875. The van der Waals surface area contributed by atoms with Crippen LogP contribution in [0, 0.1) is 17.2 Å². The summed E-state index contributed by atoms with van der Waals surface area (Å²) >= 11 is 0. The number of rotatable bonds is 7. The number of hydrogen-bond acceptors (Lipinski definition) is 3. The summed E-state index contributed by atoms with van der Waals surface area (Å²) in [5.41, 5.74) is 0.491. The molecule has 3 heteroatoms. The minimum absolute atomic E-state index is 0.585. The molecule has 106 valence electrons. The molecule has 3 nitrogen and oxygen atoms in total. The van der Waals surface area contributed by atoms with Gasteiger partial charge in [-0.05, 0) is 44.2 Å². The average Bonchev–Trinajstić information content (AvgIpc) is 3.38. The van der Waals surface area contributed by atoms with Gasteiger partial charge in [0, 0.05) is 19.1 Å². The van der Waals surface area contributed by atoms with Crippen LogP contribution < -0.4 is 5.32 Å². The van der Waals surface area contributed by atoms with Gasteiger partial charge >= 0.3 is 0 Å². The fourth-order valence-electron chi connectivity index (χ4n) is 2.91. The Morgan fingerprint density at radius 1 is 1.25 bits per heavy atom. The zero-order valence-electron chi connectivity index (χ0n) is 12.2. The lowest BCUT2D eigenvalue weighted by molar-refractivity contribution is 0.200. The SMILES string of the molecule is CNC(C#N)(CN(CC1CC1)C1CC1)c1ccccc1. The normalized spacial score (nSPS) is 21.4. The molecule has 0 heterocycles. The molecule has 0 saturated heterocycles. The molecule has 0 spiro atoms. The summed E-state index contributed by atoms with van der Waals surface area (Å²) in [7, 11) is 1.90. The number of nitriles is 1. The molecule has 0 amide bonds. The van der Waals surface area contributed by atoms with E-state index in [1.807, 2.05) is 25.2 Å². The van der Waals surface area contributed by atoms with E-state index in [9.17, 15) is 5.26 Å².